The van der Waals surface area contributed by atoms with E-state index in [9.17, 15) is 14.4 Å². The van der Waals surface area contributed by atoms with Gasteiger partial charge in [0.15, 0.2) is 0 Å². The summed E-state index contributed by atoms with van der Waals surface area (Å²) in [5.41, 5.74) is 1.27. The van der Waals surface area contributed by atoms with Gasteiger partial charge in [0.2, 0.25) is 0 Å². The van der Waals surface area contributed by atoms with Crippen molar-refractivity contribution in [3.8, 4) is 0 Å². The molecule has 0 spiro atoms. The number of rotatable bonds is 6. The van der Waals surface area contributed by atoms with E-state index in [1.807, 2.05) is 42.5 Å². The monoisotopic (exact) mass is 378 g/mol. The molecule has 0 bridgehead atoms. The number of fused-ring (bicyclic) bond motifs is 1. The smallest absolute Gasteiger partial charge is 0.338 e. The molecule has 1 aromatic heterocycles. The highest BCUT2D eigenvalue weighted by Gasteiger charge is 2.14. The van der Waals surface area contributed by atoms with E-state index in [4.69, 9.17) is 4.74 Å². The molecule has 0 atom stereocenters. The number of carbonyl (C=O) groups is 1. The van der Waals surface area contributed by atoms with Crippen molar-refractivity contribution in [2.45, 2.75) is 26.9 Å². The molecule has 6 nitrogen and oxygen atoms in total. The van der Waals surface area contributed by atoms with E-state index in [0.29, 0.717) is 23.1 Å². The van der Waals surface area contributed by atoms with Gasteiger partial charge in [0.05, 0.1) is 23.2 Å². The zero-order chi connectivity index (χ0) is 20.1. The van der Waals surface area contributed by atoms with E-state index in [1.54, 1.807) is 32.0 Å². The lowest BCUT2D eigenvalue weighted by Crippen LogP contribution is -2.41. The molecule has 0 aliphatic heterocycles. The lowest BCUT2D eigenvalue weighted by molar-refractivity contribution is 0.0526. The van der Waals surface area contributed by atoms with Gasteiger partial charge in [-0.25, -0.2) is 4.79 Å². The number of aromatic nitrogens is 2. The number of benzene rings is 2. The molecular weight excluding hydrogens is 356 g/mol. The predicted molar refractivity (Wildman–Crippen MR) is 110 cm³/mol. The SMILES string of the molecule is CCOC(=O)c1ccc2c(c1)n(CC=Cc1ccccc1)c(=O)c(=O)n2CC. The van der Waals surface area contributed by atoms with Crippen molar-refractivity contribution >= 4 is 23.1 Å². The fourth-order valence-electron chi connectivity index (χ4n) is 3.11. The van der Waals surface area contributed by atoms with Gasteiger partial charge in [-0.05, 0) is 37.6 Å². The molecule has 0 saturated heterocycles. The molecule has 3 rings (SSSR count). The first-order chi connectivity index (χ1) is 13.6. The molecule has 1 heterocycles. The number of hydrogen-bond donors (Lipinski definition) is 0. The second kappa shape index (κ2) is 8.52. The Balaban J connectivity index is 2.13. The van der Waals surface area contributed by atoms with E-state index < -0.39 is 17.1 Å². The average Bonchev–Trinajstić information content (AvgIpc) is 2.72. The number of ether oxygens (including phenoxy) is 1. The van der Waals surface area contributed by atoms with Crippen LogP contribution in [0.3, 0.4) is 0 Å². The third-order valence-corrected chi connectivity index (χ3v) is 4.46. The second-order valence-corrected chi connectivity index (χ2v) is 6.20. The maximum Gasteiger partial charge on any atom is 0.338 e. The molecule has 3 aromatic rings. The summed E-state index contributed by atoms with van der Waals surface area (Å²) in [6.07, 6.45) is 3.71. The van der Waals surface area contributed by atoms with E-state index in [-0.39, 0.29) is 13.2 Å². The molecule has 6 heteroatoms. The van der Waals surface area contributed by atoms with E-state index in [2.05, 4.69) is 0 Å². The molecule has 0 unspecified atom stereocenters. The summed E-state index contributed by atoms with van der Waals surface area (Å²) in [4.78, 5) is 37.3. The largest absolute Gasteiger partial charge is 0.462 e. The Kier molecular flexibility index (Phi) is 5.89. The number of hydrogen-bond acceptors (Lipinski definition) is 4. The van der Waals surface area contributed by atoms with Crippen molar-refractivity contribution < 1.29 is 9.53 Å². The topological polar surface area (TPSA) is 70.3 Å². The summed E-state index contributed by atoms with van der Waals surface area (Å²) in [5.74, 6) is -0.461. The Labute approximate surface area is 162 Å². The summed E-state index contributed by atoms with van der Waals surface area (Å²) in [6, 6.07) is 14.6. The quantitative estimate of drug-likeness (QED) is 0.488. The van der Waals surface area contributed by atoms with Gasteiger partial charge in [-0.1, -0.05) is 42.5 Å². The van der Waals surface area contributed by atoms with Crippen LogP contribution >= 0.6 is 0 Å². The maximum atomic E-state index is 12.7. The molecule has 0 aliphatic carbocycles. The van der Waals surface area contributed by atoms with Crippen LogP contribution in [0.4, 0.5) is 0 Å². The van der Waals surface area contributed by atoms with Gasteiger partial charge in [-0.3, -0.25) is 14.2 Å². The third kappa shape index (κ3) is 3.81. The van der Waals surface area contributed by atoms with Gasteiger partial charge in [0.25, 0.3) is 0 Å². The Hall–Kier alpha value is -3.41. The van der Waals surface area contributed by atoms with Crippen molar-refractivity contribution in [1.82, 2.24) is 9.13 Å². The van der Waals surface area contributed by atoms with Gasteiger partial charge in [0, 0.05) is 13.1 Å². The lowest BCUT2D eigenvalue weighted by atomic mass is 10.1. The minimum atomic E-state index is -0.618. The second-order valence-electron chi connectivity index (χ2n) is 6.20. The molecule has 0 aliphatic rings. The van der Waals surface area contributed by atoms with Crippen LogP contribution in [0.2, 0.25) is 0 Å². The number of nitrogens with zero attached hydrogens (tertiary/aromatic N) is 2. The normalized spacial score (nSPS) is 11.2. The summed E-state index contributed by atoms with van der Waals surface area (Å²) in [7, 11) is 0. The van der Waals surface area contributed by atoms with Crippen LogP contribution in [0.1, 0.15) is 29.8 Å². The number of carbonyl (C=O) groups excluding carboxylic acids is 1. The van der Waals surface area contributed by atoms with Crippen LogP contribution in [0.25, 0.3) is 17.1 Å². The Bertz CT molecular complexity index is 1140. The lowest BCUT2D eigenvalue weighted by Gasteiger charge is -2.14. The molecule has 0 N–H and O–H groups in total. The van der Waals surface area contributed by atoms with E-state index in [1.165, 1.54) is 9.13 Å². The highest BCUT2D eigenvalue weighted by Crippen LogP contribution is 2.15. The van der Waals surface area contributed by atoms with Gasteiger partial charge in [0.1, 0.15) is 0 Å². The van der Waals surface area contributed by atoms with Crippen LogP contribution in [-0.4, -0.2) is 21.7 Å². The van der Waals surface area contributed by atoms with Crippen LogP contribution in [0.15, 0.2) is 64.2 Å². The van der Waals surface area contributed by atoms with Crippen LogP contribution in [-0.2, 0) is 17.8 Å². The summed E-state index contributed by atoms with van der Waals surface area (Å²) >= 11 is 0. The van der Waals surface area contributed by atoms with Crippen LogP contribution in [0, 0.1) is 0 Å². The minimum Gasteiger partial charge on any atom is -0.462 e. The summed E-state index contributed by atoms with van der Waals surface area (Å²) in [6.45, 7) is 4.38. The zero-order valence-corrected chi connectivity index (χ0v) is 15.9. The van der Waals surface area contributed by atoms with Crippen LogP contribution in [0.5, 0.6) is 0 Å². The van der Waals surface area contributed by atoms with Gasteiger partial charge >= 0.3 is 17.1 Å². The third-order valence-electron chi connectivity index (χ3n) is 4.46. The predicted octanol–water partition coefficient (Wildman–Crippen LogP) is 3.07. The first-order valence-corrected chi connectivity index (χ1v) is 9.23. The number of esters is 1. The molecule has 2 aromatic carbocycles. The standard InChI is InChI=1S/C22H22N2O4/c1-3-23-18-13-12-17(22(27)28-4-2)15-19(18)24(21(26)20(23)25)14-8-11-16-9-6-5-7-10-16/h5-13,15H,3-4,14H2,1-2H3. The van der Waals surface area contributed by atoms with Crippen LogP contribution < -0.4 is 11.1 Å². The summed E-state index contributed by atoms with van der Waals surface area (Å²) in [5, 5.41) is 0. The van der Waals surface area contributed by atoms with Crippen molar-refractivity contribution in [2.75, 3.05) is 6.61 Å². The molecular formula is C22H22N2O4. The molecule has 0 saturated carbocycles. The van der Waals surface area contributed by atoms with Crippen molar-refractivity contribution in [3.05, 3.63) is 86.4 Å². The maximum absolute atomic E-state index is 12.7. The van der Waals surface area contributed by atoms with E-state index >= 15 is 0 Å². The zero-order valence-electron chi connectivity index (χ0n) is 15.9. The highest BCUT2D eigenvalue weighted by molar-refractivity contribution is 5.93. The highest BCUT2D eigenvalue weighted by atomic mass is 16.5. The molecule has 0 amide bonds. The van der Waals surface area contributed by atoms with Gasteiger partial charge < -0.3 is 9.30 Å². The first-order valence-electron chi connectivity index (χ1n) is 9.23. The van der Waals surface area contributed by atoms with Crippen molar-refractivity contribution in [3.63, 3.8) is 0 Å². The molecule has 0 fully saturated rings. The van der Waals surface area contributed by atoms with Gasteiger partial charge in [-0.15, -0.1) is 0 Å². The van der Waals surface area contributed by atoms with Gasteiger partial charge in [-0.2, -0.15) is 0 Å². The first kappa shape index (κ1) is 19.4. The minimum absolute atomic E-state index is 0.219. The number of aryl methyl sites for hydroxylation is 1. The molecule has 28 heavy (non-hydrogen) atoms. The Morgan fingerprint density at radius 3 is 2.36 bits per heavy atom. The fourth-order valence-corrected chi connectivity index (χ4v) is 3.11. The van der Waals surface area contributed by atoms with Crippen molar-refractivity contribution in [1.29, 1.82) is 0 Å². The van der Waals surface area contributed by atoms with Crippen molar-refractivity contribution in [2.24, 2.45) is 0 Å². The average molecular weight is 378 g/mol. The number of allylic oxidation sites excluding steroid dienone is 1. The fraction of sp³-hybridized carbons (Fsp3) is 0.227. The Morgan fingerprint density at radius 2 is 1.68 bits per heavy atom. The summed E-state index contributed by atoms with van der Waals surface area (Å²) < 4.78 is 7.87. The Morgan fingerprint density at radius 1 is 0.964 bits per heavy atom. The van der Waals surface area contributed by atoms with E-state index in [0.717, 1.165) is 5.56 Å². The molecule has 0 radical (unpaired) electrons. The molecule has 144 valence electrons.